The van der Waals surface area contributed by atoms with Crippen LogP contribution < -0.4 is 5.73 Å². The highest BCUT2D eigenvalue weighted by molar-refractivity contribution is 5.57. The lowest BCUT2D eigenvalue weighted by Gasteiger charge is -2.38. The predicted molar refractivity (Wildman–Crippen MR) is 76.9 cm³/mol. The molecule has 0 spiro atoms. The number of nitriles is 1. The third kappa shape index (κ3) is 2.46. The molecule has 2 rings (SSSR count). The largest absolute Gasteiger partial charge is 0.384 e. The number of piperazine rings is 1. The molecular weight excluding hydrogens is 238 g/mol. The van der Waals surface area contributed by atoms with Crippen LogP contribution in [0.15, 0.2) is 0 Å². The molecule has 2 N–H and O–H groups in total. The molecule has 1 aromatic rings. The Bertz CT molecular complexity index is 511. The van der Waals surface area contributed by atoms with Crippen molar-refractivity contribution < 1.29 is 0 Å². The van der Waals surface area contributed by atoms with Gasteiger partial charge in [0.15, 0.2) is 0 Å². The highest BCUT2D eigenvalue weighted by Gasteiger charge is 2.25. The van der Waals surface area contributed by atoms with Gasteiger partial charge in [-0.2, -0.15) is 5.26 Å². The van der Waals surface area contributed by atoms with E-state index in [-0.39, 0.29) is 0 Å². The quantitative estimate of drug-likeness (QED) is 0.855. The van der Waals surface area contributed by atoms with Crippen LogP contribution in [0.3, 0.4) is 0 Å². The van der Waals surface area contributed by atoms with E-state index in [1.54, 1.807) is 0 Å². The molecule has 1 aromatic heterocycles. The van der Waals surface area contributed by atoms with E-state index in [0.717, 1.165) is 37.4 Å². The molecule has 5 heteroatoms. The molecule has 5 nitrogen and oxygen atoms in total. The molecular formula is C14H23N5. The highest BCUT2D eigenvalue weighted by Crippen LogP contribution is 2.24. The minimum atomic E-state index is 0.443. The number of aromatic nitrogens is 1. The van der Waals surface area contributed by atoms with E-state index in [1.165, 1.54) is 0 Å². The van der Waals surface area contributed by atoms with Gasteiger partial charge in [-0.3, -0.25) is 4.90 Å². The zero-order chi connectivity index (χ0) is 14.2. The predicted octanol–water partition coefficient (Wildman–Crippen LogP) is 0.805. The summed E-state index contributed by atoms with van der Waals surface area (Å²) in [4.78, 5) is 4.72. The number of rotatable bonds is 2. The van der Waals surface area contributed by atoms with Crippen LogP contribution in [-0.4, -0.2) is 54.1 Å². The van der Waals surface area contributed by atoms with Crippen LogP contribution in [0, 0.1) is 25.2 Å². The number of hydrogen-bond donors (Lipinski definition) is 1. The first-order valence-corrected chi connectivity index (χ1v) is 6.69. The topological polar surface area (TPSA) is 61.2 Å². The molecule has 104 valence electrons. The number of nitrogens with two attached hydrogens (primary N) is 1. The smallest absolute Gasteiger partial charge is 0.122 e. The summed E-state index contributed by atoms with van der Waals surface area (Å²) in [5, 5.41) is 9.17. The minimum absolute atomic E-state index is 0.443. The molecule has 0 aliphatic carbocycles. The van der Waals surface area contributed by atoms with Crippen LogP contribution in [0.2, 0.25) is 0 Å². The van der Waals surface area contributed by atoms with Gasteiger partial charge in [-0.1, -0.05) is 0 Å². The minimum Gasteiger partial charge on any atom is -0.384 e. The third-order valence-corrected chi connectivity index (χ3v) is 4.35. The second-order valence-electron chi connectivity index (χ2n) is 5.59. The maximum Gasteiger partial charge on any atom is 0.122 e. The van der Waals surface area contributed by atoms with Crippen LogP contribution >= 0.6 is 0 Å². The Morgan fingerprint density at radius 1 is 1.32 bits per heavy atom. The van der Waals surface area contributed by atoms with Crippen molar-refractivity contribution in [2.24, 2.45) is 0 Å². The summed E-state index contributed by atoms with van der Waals surface area (Å²) in [5.74, 6) is 0.610. The summed E-state index contributed by atoms with van der Waals surface area (Å²) < 4.78 is 2.09. The Balaban J connectivity index is 2.26. The fourth-order valence-electron chi connectivity index (χ4n) is 2.78. The van der Waals surface area contributed by atoms with E-state index in [0.29, 0.717) is 17.4 Å². The Morgan fingerprint density at radius 2 is 2.00 bits per heavy atom. The first kappa shape index (κ1) is 13.9. The molecule has 1 atom stereocenters. The second kappa shape index (κ2) is 5.24. The highest BCUT2D eigenvalue weighted by atomic mass is 15.3. The summed E-state index contributed by atoms with van der Waals surface area (Å²) in [6.45, 7) is 8.08. The van der Waals surface area contributed by atoms with Gasteiger partial charge in [0, 0.05) is 37.9 Å². The van der Waals surface area contributed by atoms with Crippen molar-refractivity contribution in [3.63, 3.8) is 0 Å². The lowest BCUT2D eigenvalue weighted by Crippen LogP contribution is -2.51. The van der Waals surface area contributed by atoms with Gasteiger partial charge in [-0.05, 0) is 33.5 Å². The molecule has 1 aliphatic heterocycles. The van der Waals surface area contributed by atoms with Gasteiger partial charge in [0.2, 0.25) is 0 Å². The molecule has 0 aromatic carbocycles. The zero-order valence-electron chi connectivity index (χ0n) is 12.3. The van der Waals surface area contributed by atoms with Crippen LogP contribution in [0.1, 0.15) is 16.8 Å². The van der Waals surface area contributed by atoms with E-state index in [9.17, 15) is 5.26 Å². The Hall–Kier alpha value is -1.51. The average Bonchev–Trinajstić information content (AvgIpc) is 2.57. The summed E-state index contributed by atoms with van der Waals surface area (Å²) in [7, 11) is 4.31. The molecule has 1 saturated heterocycles. The van der Waals surface area contributed by atoms with E-state index < -0.39 is 0 Å². The van der Waals surface area contributed by atoms with Crippen molar-refractivity contribution in [1.29, 1.82) is 5.26 Å². The molecule has 19 heavy (non-hydrogen) atoms. The van der Waals surface area contributed by atoms with Crippen molar-refractivity contribution >= 4 is 5.82 Å². The first-order valence-electron chi connectivity index (χ1n) is 6.69. The van der Waals surface area contributed by atoms with Crippen molar-refractivity contribution in [1.82, 2.24) is 14.4 Å². The van der Waals surface area contributed by atoms with E-state index in [2.05, 4.69) is 34.5 Å². The average molecular weight is 261 g/mol. The fraction of sp³-hybridized carbons (Fsp3) is 0.643. The SMILES string of the molecule is Cc1c(C#N)c(N)n(CC2CN(C)CCN2C)c1C. The van der Waals surface area contributed by atoms with E-state index >= 15 is 0 Å². The second-order valence-corrected chi connectivity index (χ2v) is 5.59. The van der Waals surface area contributed by atoms with Crippen LogP contribution in [0.5, 0.6) is 0 Å². The molecule has 0 bridgehead atoms. The standard InChI is InChI=1S/C14H23N5/c1-10-11(2)19(14(16)13(10)7-15)9-12-8-17(3)5-6-18(12)4/h12H,5-6,8-9,16H2,1-4H3. The Morgan fingerprint density at radius 3 is 2.58 bits per heavy atom. The fourth-order valence-corrected chi connectivity index (χ4v) is 2.78. The van der Waals surface area contributed by atoms with Gasteiger partial charge in [-0.25, -0.2) is 0 Å². The number of hydrogen-bond acceptors (Lipinski definition) is 4. The monoisotopic (exact) mass is 261 g/mol. The van der Waals surface area contributed by atoms with Crippen molar-refractivity contribution in [2.75, 3.05) is 39.5 Å². The normalized spacial score (nSPS) is 21.5. The molecule has 0 radical (unpaired) electrons. The zero-order valence-corrected chi connectivity index (χ0v) is 12.3. The molecule has 1 unspecified atom stereocenters. The Labute approximate surface area is 115 Å². The van der Waals surface area contributed by atoms with E-state index in [1.807, 2.05) is 13.8 Å². The first-order chi connectivity index (χ1) is 8.95. The van der Waals surface area contributed by atoms with Gasteiger partial charge < -0.3 is 15.2 Å². The number of likely N-dealkylation sites (N-methyl/N-ethyl adjacent to an activating group) is 2. The third-order valence-electron chi connectivity index (χ3n) is 4.35. The summed E-state index contributed by atoms with van der Waals surface area (Å²) >= 11 is 0. The van der Waals surface area contributed by atoms with Crippen molar-refractivity contribution in [3.8, 4) is 6.07 Å². The van der Waals surface area contributed by atoms with Crippen LogP contribution in [-0.2, 0) is 6.54 Å². The molecule has 0 amide bonds. The summed E-state index contributed by atoms with van der Waals surface area (Å²) in [6.07, 6.45) is 0. The van der Waals surface area contributed by atoms with Gasteiger partial charge in [0.05, 0.1) is 5.56 Å². The van der Waals surface area contributed by atoms with Crippen LogP contribution in [0.4, 0.5) is 5.82 Å². The number of nitrogens with zero attached hydrogens (tertiary/aromatic N) is 4. The summed E-state index contributed by atoms with van der Waals surface area (Å²) in [5.41, 5.74) is 8.86. The number of anilines is 1. The van der Waals surface area contributed by atoms with Gasteiger partial charge in [0.1, 0.15) is 11.9 Å². The molecule has 0 saturated carbocycles. The summed E-state index contributed by atoms with van der Waals surface area (Å²) in [6, 6.07) is 2.65. The number of nitrogen functional groups attached to an aromatic ring is 1. The van der Waals surface area contributed by atoms with Crippen molar-refractivity contribution in [2.45, 2.75) is 26.4 Å². The molecule has 1 aliphatic rings. The van der Waals surface area contributed by atoms with Crippen molar-refractivity contribution in [3.05, 3.63) is 16.8 Å². The van der Waals surface area contributed by atoms with E-state index in [4.69, 9.17) is 5.73 Å². The van der Waals surface area contributed by atoms with Crippen LogP contribution in [0.25, 0.3) is 0 Å². The lowest BCUT2D eigenvalue weighted by molar-refractivity contribution is 0.103. The van der Waals surface area contributed by atoms with Gasteiger partial charge in [-0.15, -0.1) is 0 Å². The van der Waals surface area contributed by atoms with Gasteiger partial charge in [0.25, 0.3) is 0 Å². The molecule has 2 heterocycles. The lowest BCUT2D eigenvalue weighted by atomic mass is 10.2. The Kier molecular flexibility index (Phi) is 3.83. The maximum absolute atomic E-state index is 9.17. The molecule has 1 fully saturated rings. The maximum atomic E-state index is 9.17. The van der Waals surface area contributed by atoms with Gasteiger partial charge >= 0.3 is 0 Å².